The number of nitrogens with zero attached hydrogens (tertiary/aromatic N) is 4. The summed E-state index contributed by atoms with van der Waals surface area (Å²) in [6, 6.07) is 17.3. The summed E-state index contributed by atoms with van der Waals surface area (Å²) in [7, 11) is 1.81. The lowest BCUT2D eigenvalue weighted by Crippen LogP contribution is -2.37. The molecule has 0 fully saturated rings. The summed E-state index contributed by atoms with van der Waals surface area (Å²) in [5.74, 6) is -5.97. The Labute approximate surface area is 360 Å². The van der Waals surface area contributed by atoms with Crippen LogP contribution < -0.4 is 10.6 Å². The van der Waals surface area contributed by atoms with Crippen molar-refractivity contribution in [3.8, 4) is 22.3 Å². The molecule has 6 rings (SSSR count). The third-order valence-electron chi connectivity index (χ3n) is 9.07. The molecule has 6 aromatic rings. The van der Waals surface area contributed by atoms with E-state index in [2.05, 4.69) is 25.7 Å². The number of aliphatic carboxylic acids is 2. The molecule has 0 radical (unpaired) electrons. The lowest BCUT2D eigenvalue weighted by Gasteiger charge is -2.26. The lowest BCUT2D eigenvalue weighted by molar-refractivity contribution is -0.143. The maximum absolute atomic E-state index is 13.7. The highest BCUT2D eigenvalue weighted by Gasteiger charge is 2.43. The van der Waals surface area contributed by atoms with Crippen LogP contribution in [0.4, 0.5) is 10.0 Å². The second kappa shape index (κ2) is 19.4. The van der Waals surface area contributed by atoms with Gasteiger partial charge in [0.1, 0.15) is 16.3 Å². The minimum atomic E-state index is -2.15. The number of benzene rings is 2. The first-order valence-electron chi connectivity index (χ1n) is 18.4. The molecule has 18 heteroatoms. The molecule has 308 valence electrons. The Morgan fingerprint density at radius 2 is 1.15 bits per heavy atom. The van der Waals surface area contributed by atoms with Crippen LogP contribution in [-0.2, 0) is 39.1 Å². The van der Waals surface area contributed by atoms with Crippen molar-refractivity contribution in [2.75, 3.05) is 22.1 Å². The van der Waals surface area contributed by atoms with Crippen LogP contribution in [0.2, 0.25) is 0 Å². The van der Waals surface area contributed by atoms with Crippen LogP contribution in [0.3, 0.4) is 0 Å². The van der Waals surface area contributed by atoms with Crippen LogP contribution in [0.5, 0.6) is 0 Å². The van der Waals surface area contributed by atoms with E-state index in [4.69, 9.17) is 0 Å². The lowest BCUT2D eigenvalue weighted by atomic mass is 10.0. The maximum Gasteiger partial charge on any atom is 0.330 e. The zero-order chi connectivity index (χ0) is 43.0. The molecule has 0 aliphatic carbocycles. The number of amides is 2. The average molecular weight is 883 g/mol. The third-order valence-corrected chi connectivity index (χ3v) is 14.5. The van der Waals surface area contributed by atoms with Crippen LogP contribution in [0, 0.1) is 0 Å². The smallest absolute Gasteiger partial charge is 0.330 e. The topological polar surface area (TPSA) is 211 Å². The molecule has 1 unspecified atom stereocenters. The molecule has 0 spiro atoms. The van der Waals surface area contributed by atoms with E-state index in [1.54, 1.807) is 71.8 Å². The summed E-state index contributed by atoms with van der Waals surface area (Å²) in [6.45, 7) is 3.81. The number of thioether (sulfide) groups is 2. The second-order valence-electron chi connectivity index (χ2n) is 13.3. The van der Waals surface area contributed by atoms with Gasteiger partial charge in [0.25, 0.3) is 0 Å². The number of rotatable bonds is 19. The van der Waals surface area contributed by atoms with Crippen molar-refractivity contribution in [2.45, 2.75) is 37.2 Å². The molecule has 0 aliphatic heterocycles. The van der Waals surface area contributed by atoms with E-state index in [-0.39, 0.29) is 32.7 Å². The van der Waals surface area contributed by atoms with Gasteiger partial charge in [0.05, 0.1) is 35.3 Å². The summed E-state index contributed by atoms with van der Waals surface area (Å²) in [5.41, 5.74) is 4.64. The van der Waals surface area contributed by atoms with Crippen molar-refractivity contribution in [3.05, 3.63) is 124 Å². The molecule has 1 atom stereocenters. The summed E-state index contributed by atoms with van der Waals surface area (Å²) in [6.07, 6.45) is 8.57. The number of carboxylic acids is 2. The number of carboxylic acid groups (broad SMARTS) is 2. The zero-order valence-corrected chi connectivity index (χ0v) is 35.7. The quantitative estimate of drug-likeness (QED) is 0.0458. The molecule has 4 N–H and O–H groups in total. The van der Waals surface area contributed by atoms with Gasteiger partial charge in [0.15, 0.2) is 15.6 Å². The van der Waals surface area contributed by atoms with Crippen LogP contribution >= 0.6 is 46.2 Å². The number of ketones is 2. The van der Waals surface area contributed by atoms with Crippen LogP contribution in [-0.4, -0.2) is 80.9 Å². The van der Waals surface area contributed by atoms with E-state index in [1.807, 2.05) is 39.2 Å². The van der Waals surface area contributed by atoms with E-state index < -0.39 is 45.8 Å². The van der Waals surface area contributed by atoms with Gasteiger partial charge in [-0.05, 0) is 36.1 Å². The highest BCUT2D eigenvalue weighted by Crippen LogP contribution is 2.42. The van der Waals surface area contributed by atoms with Gasteiger partial charge in [-0.25, -0.2) is 14.8 Å². The van der Waals surface area contributed by atoms with Crippen molar-refractivity contribution in [1.29, 1.82) is 0 Å². The predicted molar refractivity (Wildman–Crippen MR) is 235 cm³/mol. The third kappa shape index (κ3) is 10.4. The van der Waals surface area contributed by atoms with Gasteiger partial charge in [-0.3, -0.25) is 28.7 Å². The number of nitrogens with one attached hydrogen (secondary N) is 2. The maximum atomic E-state index is 13.7. The van der Waals surface area contributed by atoms with Crippen LogP contribution in [0.25, 0.3) is 22.3 Å². The molecule has 2 amide bonds. The Morgan fingerprint density at radius 3 is 1.55 bits per heavy atom. The highest BCUT2D eigenvalue weighted by molar-refractivity contribution is 8.19. The number of carbonyl (C=O) groups is 6. The average Bonchev–Trinajstić information content (AvgIpc) is 3.99. The van der Waals surface area contributed by atoms with Crippen LogP contribution in [0.1, 0.15) is 61.9 Å². The van der Waals surface area contributed by atoms with E-state index >= 15 is 0 Å². The molecule has 0 saturated carbocycles. The molecular weight excluding hydrogens is 845 g/mol. The summed E-state index contributed by atoms with van der Waals surface area (Å²) in [5, 5.41) is 30.3. The summed E-state index contributed by atoms with van der Waals surface area (Å²) in [4.78, 5) is 88.6. The molecule has 0 saturated heterocycles. The van der Waals surface area contributed by atoms with E-state index in [0.29, 0.717) is 47.5 Å². The Balaban J connectivity index is 1.12. The van der Waals surface area contributed by atoms with Gasteiger partial charge in [-0.2, -0.15) is 5.10 Å². The van der Waals surface area contributed by atoms with Crippen molar-refractivity contribution >= 4 is 91.5 Å². The number of aromatic nitrogens is 4. The minimum absolute atomic E-state index is 0.256. The van der Waals surface area contributed by atoms with Crippen LogP contribution in [0.15, 0.2) is 91.8 Å². The first kappa shape index (κ1) is 43.6. The van der Waals surface area contributed by atoms with Gasteiger partial charge in [-0.15, -0.1) is 46.2 Å². The van der Waals surface area contributed by atoms with Crippen molar-refractivity contribution in [3.63, 3.8) is 0 Å². The fraction of sp³-hybridized carbons (Fsp3) is 0.214. The SMILES string of the molecule is CCc1cc(C(=O)c2ccc(-c3cncnc3)cc2)c(NC(=O)CSC(CC(=O)O)(SCC(=O)Nc2sc(CC)cc2C(=O)c2ccc(-c3cnn(C)c3)cc2)C(=O)O)s1. The normalized spacial score (nSPS) is 12.1. The summed E-state index contributed by atoms with van der Waals surface area (Å²) >= 11 is 3.55. The fourth-order valence-corrected chi connectivity index (χ4v) is 10.2. The first-order chi connectivity index (χ1) is 28.8. The number of carbonyl (C=O) groups excluding carboxylic acids is 4. The molecule has 60 heavy (non-hydrogen) atoms. The Morgan fingerprint density at radius 1 is 0.683 bits per heavy atom. The van der Waals surface area contributed by atoms with Crippen molar-refractivity contribution < 1.29 is 39.0 Å². The molecule has 14 nitrogen and oxygen atoms in total. The standard InChI is InChI=1S/C42H38N6O8S4/c1-4-30-14-32(37(53)26-10-6-24(7-11-26)28-17-43-23-44-18-28)39(59-30)46-34(49)21-57-42(41(55)56,16-36(51)52)58-22-35(50)47-40-33(15-31(5-2)60-40)38(54)27-12-8-25(9-13-27)29-19-45-48(3)20-29/h6-15,17-20,23H,4-5,16,21-22H2,1-3H3,(H,46,49)(H,47,50)(H,51,52)(H,55,56). The molecule has 4 aromatic heterocycles. The number of aryl methyl sites for hydroxylation is 3. The predicted octanol–water partition coefficient (Wildman–Crippen LogP) is 7.55. The zero-order valence-electron chi connectivity index (χ0n) is 32.5. The molecular formula is C42H38N6O8S4. The molecule has 4 heterocycles. The Bertz CT molecular complexity index is 2550. The first-order valence-corrected chi connectivity index (χ1v) is 22.0. The second-order valence-corrected chi connectivity index (χ2v) is 18.3. The van der Waals surface area contributed by atoms with Gasteiger partial charge in [-0.1, -0.05) is 62.4 Å². The van der Waals surface area contributed by atoms with Crippen molar-refractivity contribution in [2.24, 2.45) is 7.05 Å². The van der Waals surface area contributed by atoms with Gasteiger partial charge < -0.3 is 20.8 Å². The highest BCUT2D eigenvalue weighted by atomic mass is 32.2. The molecule has 2 aromatic carbocycles. The number of hydrogen-bond donors (Lipinski definition) is 4. The number of anilines is 2. The molecule has 0 aliphatic rings. The Kier molecular flexibility index (Phi) is 14.1. The van der Waals surface area contributed by atoms with Crippen molar-refractivity contribution in [1.82, 2.24) is 19.7 Å². The van der Waals surface area contributed by atoms with E-state index in [9.17, 15) is 39.0 Å². The van der Waals surface area contributed by atoms with E-state index in [0.717, 1.165) is 32.0 Å². The monoisotopic (exact) mass is 882 g/mol. The number of hydrogen-bond acceptors (Lipinski definition) is 13. The minimum Gasteiger partial charge on any atom is -0.481 e. The van der Waals surface area contributed by atoms with Gasteiger partial charge >= 0.3 is 11.9 Å². The largest absolute Gasteiger partial charge is 0.481 e. The fourth-order valence-electron chi connectivity index (χ4n) is 5.94. The van der Waals surface area contributed by atoms with Gasteiger partial charge in [0.2, 0.25) is 11.8 Å². The summed E-state index contributed by atoms with van der Waals surface area (Å²) < 4.78 is -0.469. The number of thiophene rings is 2. The van der Waals surface area contributed by atoms with Gasteiger partial charge in [0, 0.05) is 57.6 Å². The van der Waals surface area contributed by atoms with E-state index in [1.165, 1.54) is 29.0 Å². The Hall–Kier alpha value is -5.95. The molecule has 0 bridgehead atoms.